The molecule has 0 saturated heterocycles. The maximum atomic E-state index is 13.6. The molecule has 0 radical (unpaired) electrons. The highest BCUT2D eigenvalue weighted by Crippen LogP contribution is 2.16. The molecule has 1 heterocycles. The Morgan fingerprint density at radius 2 is 2.26 bits per heavy atom. The number of aromatic nitrogens is 2. The van der Waals surface area contributed by atoms with Gasteiger partial charge < -0.3 is 5.73 Å². The second kappa shape index (κ2) is 6.17. The largest absolute Gasteiger partial charge is 0.327 e. The summed E-state index contributed by atoms with van der Waals surface area (Å²) in [6.45, 7) is 2.42. The third-order valence-electron chi connectivity index (χ3n) is 3.05. The van der Waals surface area contributed by atoms with Gasteiger partial charge in [-0.3, -0.25) is 4.68 Å². The van der Waals surface area contributed by atoms with E-state index in [2.05, 4.69) is 12.0 Å². The first kappa shape index (κ1) is 14.0. The van der Waals surface area contributed by atoms with Crippen molar-refractivity contribution in [3.8, 4) is 0 Å². The van der Waals surface area contributed by atoms with Crippen LogP contribution in [0.3, 0.4) is 0 Å². The number of rotatable bonds is 5. The Kier molecular flexibility index (Phi) is 4.56. The molecule has 1 aromatic heterocycles. The lowest BCUT2D eigenvalue weighted by Crippen LogP contribution is -2.21. The predicted octanol–water partition coefficient (Wildman–Crippen LogP) is 3.00. The van der Waals surface area contributed by atoms with E-state index in [-0.39, 0.29) is 11.9 Å². The smallest absolute Gasteiger partial charge is 0.128 e. The van der Waals surface area contributed by atoms with Crippen LogP contribution in [0.5, 0.6) is 0 Å². The molecule has 0 saturated carbocycles. The molecular formula is C14H17ClFN3. The first-order valence-electron chi connectivity index (χ1n) is 6.29. The van der Waals surface area contributed by atoms with Crippen LogP contribution < -0.4 is 5.73 Å². The second-order valence-corrected chi connectivity index (χ2v) is 5.09. The molecule has 0 aliphatic rings. The Bertz CT molecular complexity index is 553. The Balaban J connectivity index is 2.09. The van der Waals surface area contributed by atoms with E-state index >= 15 is 0 Å². The van der Waals surface area contributed by atoms with Gasteiger partial charge in [0.1, 0.15) is 5.82 Å². The van der Waals surface area contributed by atoms with Crippen molar-refractivity contribution in [2.45, 2.75) is 32.4 Å². The zero-order valence-electron chi connectivity index (χ0n) is 10.8. The fourth-order valence-electron chi connectivity index (χ4n) is 1.88. The molecule has 5 heteroatoms. The van der Waals surface area contributed by atoms with Crippen molar-refractivity contribution < 1.29 is 4.39 Å². The third kappa shape index (κ3) is 3.78. The molecule has 1 aromatic carbocycles. The van der Waals surface area contributed by atoms with E-state index in [1.165, 1.54) is 12.1 Å². The average Bonchev–Trinajstić information content (AvgIpc) is 2.81. The molecule has 2 N–H and O–H groups in total. The summed E-state index contributed by atoms with van der Waals surface area (Å²) in [7, 11) is 0. The van der Waals surface area contributed by atoms with E-state index in [1.807, 2.05) is 6.20 Å². The van der Waals surface area contributed by atoms with E-state index in [0.717, 1.165) is 18.4 Å². The van der Waals surface area contributed by atoms with Gasteiger partial charge in [0, 0.05) is 22.8 Å². The van der Waals surface area contributed by atoms with Crippen LogP contribution in [0.25, 0.3) is 0 Å². The van der Waals surface area contributed by atoms with E-state index in [4.69, 9.17) is 17.3 Å². The quantitative estimate of drug-likeness (QED) is 0.915. The first-order valence-corrected chi connectivity index (χ1v) is 6.67. The van der Waals surface area contributed by atoms with Crippen molar-refractivity contribution in [1.29, 1.82) is 0 Å². The highest BCUT2D eigenvalue weighted by Gasteiger charge is 2.07. The van der Waals surface area contributed by atoms with Gasteiger partial charge in [-0.15, -0.1) is 0 Å². The molecular weight excluding hydrogens is 265 g/mol. The lowest BCUT2D eigenvalue weighted by Gasteiger charge is -2.06. The molecule has 0 bridgehead atoms. The number of hydrogen-bond donors (Lipinski definition) is 1. The Morgan fingerprint density at radius 1 is 1.47 bits per heavy atom. The summed E-state index contributed by atoms with van der Waals surface area (Å²) in [6, 6.07) is 4.67. The molecule has 0 fully saturated rings. The van der Waals surface area contributed by atoms with Crippen LogP contribution >= 0.6 is 11.6 Å². The van der Waals surface area contributed by atoms with Crippen molar-refractivity contribution in [2.24, 2.45) is 5.73 Å². The minimum absolute atomic E-state index is 0.139. The Morgan fingerprint density at radius 3 is 3.00 bits per heavy atom. The van der Waals surface area contributed by atoms with Gasteiger partial charge in [0.15, 0.2) is 0 Å². The van der Waals surface area contributed by atoms with Crippen LogP contribution in [0, 0.1) is 5.82 Å². The summed E-state index contributed by atoms with van der Waals surface area (Å²) in [4.78, 5) is 0. The molecule has 102 valence electrons. The van der Waals surface area contributed by atoms with Crippen molar-refractivity contribution in [3.63, 3.8) is 0 Å². The number of hydrogen-bond acceptors (Lipinski definition) is 2. The van der Waals surface area contributed by atoms with Crippen molar-refractivity contribution in [2.75, 3.05) is 0 Å². The summed E-state index contributed by atoms with van der Waals surface area (Å²) in [5.74, 6) is -0.272. The SMILES string of the molecule is CCC(N)Cc1cnn(Cc2cc(Cl)ccc2F)c1. The topological polar surface area (TPSA) is 43.8 Å². The van der Waals surface area contributed by atoms with Gasteiger partial charge in [0.2, 0.25) is 0 Å². The second-order valence-electron chi connectivity index (χ2n) is 4.65. The van der Waals surface area contributed by atoms with Gasteiger partial charge in [-0.2, -0.15) is 5.10 Å². The zero-order valence-corrected chi connectivity index (χ0v) is 11.6. The van der Waals surface area contributed by atoms with Crippen LogP contribution in [0.4, 0.5) is 4.39 Å². The molecule has 3 nitrogen and oxygen atoms in total. The molecule has 0 aliphatic carbocycles. The zero-order chi connectivity index (χ0) is 13.8. The van der Waals surface area contributed by atoms with Crippen molar-refractivity contribution >= 4 is 11.6 Å². The van der Waals surface area contributed by atoms with E-state index in [1.54, 1.807) is 16.9 Å². The average molecular weight is 282 g/mol. The molecule has 19 heavy (non-hydrogen) atoms. The molecule has 2 aromatic rings. The van der Waals surface area contributed by atoms with Crippen molar-refractivity contribution in [1.82, 2.24) is 9.78 Å². The Hall–Kier alpha value is -1.39. The van der Waals surface area contributed by atoms with E-state index in [0.29, 0.717) is 17.1 Å². The van der Waals surface area contributed by atoms with Crippen LogP contribution in [0.2, 0.25) is 5.02 Å². The maximum Gasteiger partial charge on any atom is 0.128 e. The Labute approximate surface area is 117 Å². The van der Waals surface area contributed by atoms with Crippen LogP contribution in [0.1, 0.15) is 24.5 Å². The minimum Gasteiger partial charge on any atom is -0.327 e. The monoisotopic (exact) mass is 281 g/mol. The summed E-state index contributed by atoms with van der Waals surface area (Å²) < 4.78 is 15.3. The summed E-state index contributed by atoms with van der Waals surface area (Å²) >= 11 is 5.86. The fraction of sp³-hybridized carbons (Fsp3) is 0.357. The van der Waals surface area contributed by atoms with Crippen LogP contribution in [-0.4, -0.2) is 15.8 Å². The van der Waals surface area contributed by atoms with E-state index < -0.39 is 0 Å². The normalized spacial score (nSPS) is 12.6. The van der Waals surface area contributed by atoms with Gasteiger partial charge in [-0.1, -0.05) is 18.5 Å². The lowest BCUT2D eigenvalue weighted by molar-refractivity contribution is 0.584. The molecule has 0 spiro atoms. The highest BCUT2D eigenvalue weighted by molar-refractivity contribution is 6.30. The maximum absolute atomic E-state index is 13.6. The summed E-state index contributed by atoms with van der Waals surface area (Å²) in [5, 5.41) is 4.75. The van der Waals surface area contributed by atoms with Crippen molar-refractivity contribution in [3.05, 3.63) is 52.6 Å². The standard InChI is InChI=1S/C14H17ClFN3/c1-2-13(17)5-10-7-18-19(8-10)9-11-6-12(15)3-4-14(11)16/h3-4,6-8,13H,2,5,9,17H2,1H3. The number of halogens is 2. The molecule has 0 aliphatic heterocycles. The summed E-state index contributed by atoms with van der Waals surface area (Å²) in [6.07, 6.45) is 5.39. The molecule has 2 rings (SSSR count). The number of nitrogens with two attached hydrogens (primary N) is 1. The minimum atomic E-state index is -0.272. The van der Waals surface area contributed by atoms with E-state index in [9.17, 15) is 4.39 Å². The molecule has 1 atom stereocenters. The fourth-order valence-corrected chi connectivity index (χ4v) is 2.08. The molecule has 1 unspecified atom stereocenters. The number of nitrogens with zero attached hydrogens (tertiary/aromatic N) is 2. The number of benzene rings is 1. The summed E-state index contributed by atoms with van der Waals surface area (Å²) in [5.41, 5.74) is 7.49. The van der Waals surface area contributed by atoms with Gasteiger partial charge in [0.05, 0.1) is 12.7 Å². The van der Waals surface area contributed by atoms with Gasteiger partial charge >= 0.3 is 0 Å². The lowest BCUT2D eigenvalue weighted by atomic mass is 10.1. The predicted molar refractivity (Wildman–Crippen MR) is 74.7 cm³/mol. The van der Waals surface area contributed by atoms with Crippen LogP contribution in [-0.2, 0) is 13.0 Å². The van der Waals surface area contributed by atoms with Gasteiger partial charge in [0.25, 0.3) is 0 Å². The molecule has 0 amide bonds. The first-order chi connectivity index (χ1) is 9.08. The van der Waals surface area contributed by atoms with Gasteiger partial charge in [-0.05, 0) is 36.6 Å². The van der Waals surface area contributed by atoms with Crippen LogP contribution in [0.15, 0.2) is 30.6 Å². The highest BCUT2D eigenvalue weighted by atomic mass is 35.5. The third-order valence-corrected chi connectivity index (χ3v) is 3.28. The van der Waals surface area contributed by atoms with Gasteiger partial charge in [-0.25, -0.2) is 4.39 Å².